The Morgan fingerprint density at radius 1 is 1.43 bits per heavy atom. The molecular weight excluding hydrogens is 266 g/mol. The van der Waals surface area contributed by atoms with E-state index in [9.17, 15) is 4.79 Å². The van der Waals surface area contributed by atoms with Crippen LogP contribution in [0.5, 0.6) is 5.75 Å². The van der Waals surface area contributed by atoms with Crippen LogP contribution in [0.4, 0.5) is 4.79 Å². The zero-order valence-corrected chi connectivity index (χ0v) is 13.1. The molecule has 1 aliphatic heterocycles. The van der Waals surface area contributed by atoms with Crippen molar-refractivity contribution in [3.63, 3.8) is 0 Å². The molecule has 0 aliphatic carbocycles. The van der Waals surface area contributed by atoms with Gasteiger partial charge in [-0.25, -0.2) is 4.79 Å². The third-order valence-electron chi connectivity index (χ3n) is 3.55. The van der Waals surface area contributed by atoms with Crippen molar-refractivity contribution in [3.8, 4) is 5.75 Å². The first-order valence-corrected chi connectivity index (χ1v) is 7.55. The van der Waals surface area contributed by atoms with Crippen molar-refractivity contribution in [2.75, 3.05) is 26.2 Å². The van der Waals surface area contributed by atoms with E-state index in [0.717, 1.165) is 36.5 Å². The molecule has 1 aliphatic rings. The predicted molar refractivity (Wildman–Crippen MR) is 83.6 cm³/mol. The van der Waals surface area contributed by atoms with Gasteiger partial charge in [-0.05, 0) is 12.5 Å². The highest BCUT2D eigenvalue weighted by Crippen LogP contribution is 2.23. The lowest BCUT2D eigenvalue weighted by Crippen LogP contribution is -2.32. The Kier molecular flexibility index (Phi) is 5.44. The Labute approximate surface area is 126 Å². The summed E-state index contributed by atoms with van der Waals surface area (Å²) < 4.78 is 5.95. The SMILES string of the molecule is Cc1cccc(CNC(C)C)c1OCCN1CCNC1=O. The quantitative estimate of drug-likeness (QED) is 0.807. The van der Waals surface area contributed by atoms with Crippen molar-refractivity contribution in [2.45, 2.75) is 33.4 Å². The van der Waals surface area contributed by atoms with Crippen LogP contribution in [0, 0.1) is 6.92 Å². The van der Waals surface area contributed by atoms with Gasteiger partial charge in [0.25, 0.3) is 0 Å². The van der Waals surface area contributed by atoms with Crippen LogP contribution in [0.25, 0.3) is 0 Å². The summed E-state index contributed by atoms with van der Waals surface area (Å²) in [7, 11) is 0. The highest BCUT2D eigenvalue weighted by Gasteiger charge is 2.19. The Balaban J connectivity index is 1.93. The lowest BCUT2D eigenvalue weighted by atomic mass is 10.1. The Hall–Kier alpha value is -1.75. The summed E-state index contributed by atoms with van der Waals surface area (Å²) in [5, 5.41) is 6.21. The molecule has 0 saturated carbocycles. The van der Waals surface area contributed by atoms with E-state index in [1.807, 2.05) is 6.07 Å². The van der Waals surface area contributed by atoms with Crippen molar-refractivity contribution in [2.24, 2.45) is 0 Å². The van der Waals surface area contributed by atoms with Gasteiger partial charge < -0.3 is 20.3 Å². The number of nitrogens with one attached hydrogen (secondary N) is 2. The van der Waals surface area contributed by atoms with E-state index in [0.29, 0.717) is 19.2 Å². The van der Waals surface area contributed by atoms with Gasteiger partial charge in [-0.1, -0.05) is 32.0 Å². The Morgan fingerprint density at radius 3 is 2.90 bits per heavy atom. The maximum absolute atomic E-state index is 11.5. The van der Waals surface area contributed by atoms with E-state index in [2.05, 4.69) is 43.5 Å². The number of carbonyl (C=O) groups is 1. The number of ether oxygens (including phenoxy) is 1. The van der Waals surface area contributed by atoms with Crippen LogP contribution in [-0.2, 0) is 6.54 Å². The molecule has 0 unspecified atom stereocenters. The zero-order valence-electron chi connectivity index (χ0n) is 13.1. The van der Waals surface area contributed by atoms with E-state index in [1.54, 1.807) is 4.90 Å². The molecular formula is C16H25N3O2. The van der Waals surface area contributed by atoms with Gasteiger partial charge in [-0.3, -0.25) is 0 Å². The molecule has 1 aromatic rings. The number of hydrogen-bond acceptors (Lipinski definition) is 3. The molecule has 5 nitrogen and oxygen atoms in total. The second-order valence-electron chi connectivity index (χ2n) is 5.67. The van der Waals surface area contributed by atoms with Gasteiger partial charge in [0.15, 0.2) is 0 Å². The maximum atomic E-state index is 11.5. The molecule has 0 spiro atoms. The molecule has 0 aromatic heterocycles. The largest absolute Gasteiger partial charge is 0.491 e. The van der Waals surface area contributed by atoms with Crippen LogP contribution < -0.4 is 15.4 Å². The fourth-order valence-electron chi connectivity index (χ4n) is 2.36. The lowest BCUT2D eigenvalue weighted by molar-refractivity contribution is 0.202. The van der Waals surface area contributed by atoms with Gasteiger partial charge in [0.2, 0.25) is 0 Å². The second-order valence-corrected chi connectivity index (χ2v) is 5.67. The van der Waals surface area contributed by atoms with Gasteiger partial charge in [-0.2, -0.15) is 0 Å². The average molecular weight is 291 g/mol. The molecule has 1 aromatic carbocycles. The first kappa shape index (κ1) is 15.6. The van der Waals surface area contributed by atoms with Gasteiger partial charge in [0, 0.05) is 31.2 Å². The highest BCUT2D eigenvalue weighted by atomic mass is 16.5. The van der Waals surface area contributed by atoms with Crippen LogP contribution in [0.3, 0.4) is 0 Å². The zero-order chi connectivity index (χ0) is 15.2. The summed E-state index contributed by atoms with van der Waals surface area (Å²) in [6, 6.07) is 6.63. The summed E-state index contributed by atoms with van der Waals surface area (Å²) in [5.74, 6) is 0.935. The van der Waals surface area contributed by atoms with E-state index in [-0.39, 0.29) is 6.03 Å². The number of aryl methyl sites for hydroxylation is 1. The summed E-state index contributed by atoms with van der Waals surface area (Å²) in [6.07, 6.45) is 0. The number of hydrogen-bond donors (Lipinski definition) is 2. The average Bonchev–Trinajstić information content (AvgIpc) is 2.84. The van der Waals surface area contributed by atoms with Crippen LogP contribution in [-0.4, -0.2) is 43.2 Å². The topological polar surface area (TPSA) is 53.6 Å². The fraction of sp³-hybridized carbons (Fsp3) is 0.562. The summed E-state index contributed by atoms with van der Waals surface area (Å²) in [4.78, 5) is 13.3. The van der Waals surface area contributed by atoms with Crippen LogP contribution in [0.15, 0.2) is 18.2 Å². The summed E-state index contributed by atoms with van der Waals surface area (Å²) >= 11 is 0. The normalized spacial score (nSPS) is 14.7. The van der Waals surface area contributed by atoms with Gasteiger partial charge in [-0.15, -0.1) is 0 Å². The molecule has 2 amide bonds. The number of amides is 2. The van der Waals surface area contributed by atoms with Crippen molar-refractivity contribution in [1.82, 2.24) is 15.5 Å². The molecule has 0 radical (unpaired) electrons. The number of nitrogens with zero attached hydrogens (tertiary/aromatic N) is 1. The van der Waals surface area contributed by atoms with E-state index in [1.165, 1.54) is 0 Å². The first-order valence-electron chi connectivity index (χ1n) is 7.55. The molecule has 0 bridgehead atoms. The van der Waals surface area contributed by atoms with Crippen molar-refractivity contribution < 1.29 is 9.53 Å². The maximum Gasteiger partial charge on any atom is 0.317 e. The van der Waals surface area contributed by atoms with Crippen molar-refractivity contribution in [3.05, 3.63) is 29.3 Å². The second kappa shape index (κ2) is 7.31. The fourth-order valence-corrected chi connectivity index (χ4v) is 2.36. The number of rotatable bonds is 7. The minimum atomic E-state index is 0.00471. The monoisotopic (exact) mass is 291 g/mol. The Morgan fingerprint density at radius 2 is 2.24 bits per heavy atom. The van der Waals surface area contributed by atoms with Crippen LogP contribution in [0.1, 0.15) is 25.0 Å². The third-order valence-corrected chi connectivity index (χ3v) is 3.55. The smallest absolute Gasteiger partial charge is 0.317 e. The minimum Gasteiger partial charge on any atom is -0.491 e. The highest BCUT2D eigenvalue weighted by molar-refractivity contribution is 5.76. The molecule has 1 heterocycles. The van der Waals surface area contributed by atoms with Gasteiger partial charge in [0.1, 0.15) is 12.4 Å². The van der Waals surface area contributed by atoms with Crippen molar-refractivity contribution >= 4 is 6.03 Å². The third kappa shape index (κ3) is 4.36. The molecule has 2 rings (SSSR count). The molecule has 21 heavy (non-hydrogen) atoms. The predicted octanol–water partition coefficient (Wildman–Crippen LogP) is 1.90. The molecule has 2 N–H and O–H groups in total. The van der Waals surface area contributed by atoms with Gasteiger partial charge >= 0.3 is 6.03 Å². The standard InChI is InChI=1S/C16H25N3O2/c1-12(2)18-11-14-6-4-5-13(3)15(14)21-10-9-19-8-7-17-16(19)20/h4-6,12,18H,7-11H2,1-3H3,(H,17,20). The first-order chi connectivity index (χ1) is 10.1. The number of urea groups is 1. The molecule has 0 atom stereocenters. The molecule has 1 fully saturated rings. The molecule has 1 saturated heterocycles. The Bertz CT molecular complexity index is 488. The summed E-state index contributed by atoms with van der Waals surface area (Å²) in [5.41, 5.74) is 2.29. The summed E-state index contributed by atoms with van der Waals surface area (Å²) in [6.45, 7) is 9.73. The van der Waals surface area contributed by atoms with E-state index in [4.69, 9.17) is 4.74 Å². The van der Waals surface area contributed by atoms with Crippen LogP contribution >= 0.6 is 0 Å². The van der Waals surface area contributed by atoms with E-state index < -0.39 is 0 Å². The number of carbonyl (C=O) groups excluding carboxylic acids is 1. The number of benzene rings is 1. The van der Waals surface area contributed by atoms with Crippen molar-refractivity contribution in [1.29, 1.82) is 0 Å². The minimum absolute atomic E-state index is 0.00471. The number of para-hydroxylation sites is 1. The molecule has 5 heteroatoms. The van der Waals surface area contributed by atoms with Gasteiger partial charge in [0.05, 0.1) is 6.54 Å². The molecule has 116 valence electrons. The lowest BCUT2D eigenvalue weighted by Gasteiger charge is -2.18. The van der Waals surface area contributed by atoms with Crippen LogP contribution in [0.2, 0.25) is 0 Å². The van der Waals surface area contributed by atoms with E-state index >= 15 is 0 Å².